The van der Waals surface area contributed by atoms with Crippen LogP contribution in [0.1, 0.15) is 10.4 Å². The van der Waals surface area contributed by atoms with Gasteiger partial charge in [-0.15, -0.1) is 5.11 Å². The number of amides is 1. The van der Waals surface area contributed by atoms with Gasteiger partial charge in [-0.3, -0.25) is 10.2 Å². The highest BCUT2D eigenvalue weighted by molar-refractivity contribution is 6.04. The number of aryl methyl sites for hydroxylation is 2. The van der Waals surface area contributed by atoms with Crippen LogP contribution in [0.3, 0.4) is 0 Å². The zero-order valence-electron chi connectivity index (χ0n) is 34.5. The molecule has 0 aliphatic carbocycles. The third kappa shape index (κ3) is 9.28. The van der Waals surface area contributed by atoms with Gasteiger partial charge in [0.25, 0.3) is 5.91 Å². The monoisotopic (exact) mass is 804 g/mol. The average Bonchev–Trinajstić information content (AvgIpc) is 3.33. The molecule has 2 aromatic heterocycles. The molecule has 7 aromatic carbocycles. The van der Waals surface area contributed by atoms with E-state index in [0.717, 1.165) is 44.9 Å². The van der Waals surface area contributed by atoms with E-state index >= 15 is 0 Å². The normalized spacial score (nSPS) is 11.1. The number of carbonyl (C=O) groups excluding carboxylic acids is 1. The van der Waals surface area contributed by atoms with Crippen molar-refractivity contribution in [1.29, 1.82) is 0 Å². The lowest BCUT2D eigenvalue weighted by Crippen LogP contribution is -2.25. The number of nitrogens with one attached hydrogen (secondary N) is 2. The molecule has 9 aromatic rings. The molecule has 0 aliphatic heterocycles. The number of hydrogen-bond donors (Lipinski definition) is 2. The van der Waals surface area contributed by atoms with Crippen molar-refractivity contribution in [3.63, 3.8) is 0 Å². The van der Waals surface area contributed by atoms with Crippen LogP contribution in [0.15, 0.2) is 229 Å². The summed E-state index contributed by atoms with van der Waals surface area (Å²) in [5, 5.41) is 11.5. The van der Waals surface area contributed by atoms with Gasteiger partial charge in [-0.1, -0.05) is 127 Å². The van der Waals surface area contributed by atoms with Gasteiger partial charge < -0.3 is 5.32 Å². The van der Waals surface area contributed by atoms with Crippen LogP contribution in [0.25, 0.3) is 66.8 Å². The third-order valence-corrected chi connectivity index (χ3v) is 11.0. The number of aromatic nitrogens is 2. The van der Waals surface area contributed by atoms with Gasteiger partial charge in [0.2, 0.25) is 0 Å². The molecule has 0 radical (unpaired) electrons. The smallest absolute Gasteiger partial charge is 0.255 e. The Morgan fingerprint density at radius 1 is 0.355 bits per heavy atom. The summed E-state index contributed by atoms with van der Waals surface area (Å²) in [6.07, 6.45) is 8.25. The quantitative estimate of drug-likeness (QED) is 0.0776. The Labute approximate surface area is 362 Å². The van der Waals surface area contributed by atoms with E-state index in [1.165, 1.54) is 38.9 Å². The predicted octanol–water partition coefficient (Wildman–Crippen LogP) is 12.7. The summed E-state index contributed by atoms with van der Waals surface area (Å²) in [6.45, 7) is 0. The third-order valence-electron chi connectivity index (χ3n) is 11.0. The topological polar surface area (TPSA) is 73.6 Å². The fraction of sp³-hybridized carbons (Fsp3) is 0.0364. The SMILES string of the molecule is C[n+]1ccc(-c2ccc(-c3ccc(-c4ccc(N=NNc5ccc(C(=O)Nc6ccc(-c7ccc(-c8ccc(-c9cc[n+](C)cc9)cc8)cc7)cc6)cc5)cc4)cc3)cc2)cc1. The van der Waals surface area contributed by atoms with Gasteiger partial charge in [0.1, 0.15) is 14.1 Å². The molecule has 0 spiro atoms. The number of nitrogens with zero attached hydrogens (tertiary/aromatic N) is 4. The molecule has 0 saturated carbocycles. The molecule has 298 valence electrons. The molecule has 0 atom stereocenters. The first-order valence-electron chi connectivity index (χ1n) is 20.5. The fourth-order valence-electron chi connectivity index (χ4n) is 7.31. The minimum absolute atomic E-state index is 0.191. The molecule has 2 N–H and O–H groups in total. The summed E-state index contributed by atoms with van der Waals surface area (Å²) in [5.41, 5.74) is 19.6. The number of benzene rings is 7. The maximum Gasteiger partial charge on any atom is 0.255 e. The lowest BCUT2D eigenvalue weighted by molar-refractivity contribution is -0.671. The minimum atomic E-state index is -0.191. The Hall–Kier alpha value is -8.29. The lowest BCUT2D eigenvalue weighted by atomic mass is 9.98. The highest BCUT2D eigenvalue weighted by Gasteiger charge is 2.09. The second-order valence-electron chi connectivity index (χ2n) is 15.3. The number of carbonyl (C=O) groups is 1. The van der Waals surface area contributed by atoms with E-state index in [1.54, 1.807) is 12.1 Å². The maximum absolute atomic E-state index is 13.1. The average molecular weight is 805 g/mol. The fourth-order valence-corrected chi connectivity index (χ4v) is 7.31. The molecular weight excluding hydrogens is 761 g/mol. The van der Waals surface area contributed by atoms with Crippen molar-refractivity contribution in [2.75, 3.05) is 10.7 Å². The summed E-state index contributed by atoms with van der Waals surface area (Å²) in [4.78, 5) is 13.1. The molecule has 2 heterocycles. The zero-order valence-corrected chi connectivity index (χ0v) is 34.5. The van der Waals surface area contributed by atoms with Crippen molar-refractivity contribution in [2.45, 2.75) is 0 Å². The number of hydrogen-bond acceptors (Lipinski definition) is 3. The molecule has 0 fully saturated rings. The molecule has 0 bridgehead atoms. The summed E-state index contributed by atoms with van der Waals surface area (Å²) in [5.74, 6) is -0.191. The van der Waals surface area contributed by atoms with E-state index in [-0.39, 0.29) is 5.91 Å². The first-order valence-corrected chi connectivity index (χ1v) is 20.5. The standard InChI is InChI=1S/C55H42N6O/c1-60-35-31-49(32-36-60)45-15-11-41(12-16-45)39-3-7-43(8-4-39)47-19-25-52(26-20-47)56-55(62)51-23-29-54(30-24-51)58-59-57-53-27-21-48(22-28-53)44-9-5-40(6-10-44)42-13-17-46(18-14-42)50-33-37-61(2)38-34-50/h3-38H,1-2H3/p+2. The number of rotatable bonds is 11. The van der Waals surface area contributed by atoms with Crippen LogP contribution in [0.2, 0.25) is 0 Å². The minimum Gasteiger partial charge on any atom is -0.322 e. The van der Waals surface area contributed by atoms with Gasteiger partial charge in [-0.05, 0) is 115 Å². The molecule has 7 heteroatoms. The first-order chi connectivity index (χ1) is 30.4. The van der Waals surface area contributed by atoms with E-state index in [1.807, 2.05) is 83.9 Å². The summed E-state index contributed by atoms with van der Waals surface area (Å²) in [6, 6.07) is 66.0. The van der Waals surface area contributed by atoms with Crippen LogP contribution in [0, 0.1) is 0 Å². The maximum atomic E-state index is 13.1. The largest absolute Gasteiger partial charge is 0.322 e. The molecule has 7 nitrogen and oxygen atoms in total. The zero-order chi connectivity index (χ0) is 42.3. The Kier molecular flexibility index (Phi) is 11.3. The second-order valence-corrected chi connectivity index (χ2v) is 15.3. The summed E-state index contributed by atoms with van der Waals surface area (Å²) in [7, 11) is 4.05. The van der Waals surface area contributed by atoms with Crippen molar-refractivity contribution >= 4 is 23.0 Å². The Morgan fingerprint density at radius 2 is 0.629 bits per heavy atom. The van der Waals surface area contributed by atoms with Crippen molar-refractivity contribution in [3.8, 4) is 66.8 Å². The second kappa shape index (κ2) is 17.9. The number of anilines is 2. The van der Waals surface area contributed by atoms with Crippen molar-refractivity contribution in [3.05, 3.63) is 224 Å². The lowest BCUT2D eigenvalue weighted by Gasteiger charge is -2.09. The molecule has 0 saturated heterocycles. The Balaban J connectivity index is 0.744. The summed E-state index contributed by atoms with van der Waals surface area (Å²) >= 11 is 0. The van der Waals surface area contributed by atoms with Crippen molar-refractivity contribution in [2.24, 2.45) is 24.4 Å². The van der Waals surface area contributed by atoms with Gasteiger partial charge in [0.05, 0.1) is 11.4 Å². The van der Waals surface area contributed by atoms with Crippen molar-refractivity contribution in [1.82, 2.24) is 0 Å². The van der Waals surface area contributed by atoms with E-state index in [2.05, 4.69) is 167 Å². The van der Waals surface area contributed by atoms with E-state index in [4.69, 9.17) is 0 Å². The molecule has 62 heavy (non-hydrogen) atoms. The van der Waals surface area contributed by atoms with Crippen LogP contribution in [0.5, 0.6) is 0 Å². The summed E-state index contributed by atoms with van der Waals surface area (Å²) < 4.78 is 4.07. The van der Waals surface area contributed by atoms with Gasteiger partial charge >= 0.3 is 0 Å². The Bertz CT molecular complexity index is 2940. The predicted molar refractivity (Wildman–Crippen MR) is 250 cm³/mol. The number of pyridine rings is 2. The van der Waals surface area contributed by atoms with E-state index in [0.29, 0.717) is 5.56 Å². The van der Waals surface area contributed by atoms with Crippen LogP contribution >= 0.6 is 0 Å². The molecular formula is C55H44N6O+2. The highest BCUT2D eigenvalue weighted by Crippen LogP contribution is 2.30. The van der Waals surface area contributed by atoms with E-state index < -0.39 is 0 Å². The van der Waals surface area contributed by atoms with Gasteiger partial charge in [0, 0.05) is 35.5 Å². The first kappa shape index (κ1) is 39.2. The Morgan fingerprint density at radius 3 is 0.968 bits per heavy atom. The van der Waals surface area contributed by atoms with Gasteiger partial charge in [-0.25, -0.2) is 9.13 Å². The highest BCUT2D eigenvalue weighted by atomic mass is 16.1. The molecule has 0 unspecified atom stereocenters. The van der Waals surface area contributed by atoms with Crippen LogP contribution in [-0.2, 0) is 14.1 Å². The van der Waals surface area contributed by atoms with E-state index in [9.17, 15) is 4.79 Å². The molecule has 9 rings (SSSR count). The van der Waals surface area contributed by atoms with Gasteiger partial charge in [0.15, 0.2) is 24.8 Å². The van der Waals surface area contributed by atoms with Crippen LogP contribution in [0.4, 0.5) is 17.1 Å². The van der Waals surface area contributed by atoms with Crippen LogP contribution in [-0.4, -0.2) is 5.91 Å². The van der Waals surface area contributed by atoms with Crippen LogP contribution < -0.4 is 19.9 Å². The molecule has 1 amide bonds. The van der Waals surface area contributed by atoms with Gasteiger partial charge in [-0.2, -0.15) is 0 Å². The van der Waals surface area contributed by atoms with Crippen molar-refractivity contribution < 1.29 is 13.9 Å². The molecule has 0 aliphatic rings.